The molecule has 0 radical (unpaired) electrons. The molecule has 0 spiro atoms. The zero-order valence-electron chi connectivity index (χ0n) is 24.4. The molecule has 45 heavy (non-hydrogen) atoms. The van der Waals surface area contributed by atoms with Crippen molar-refractivity contribution in [1.29, 1.82) is 0 Å². The van der Waals surface area contributed by atoms with Gasteiger partial charge in [0, 0.05) is 43.5 Å². The van der Waals surface area contributed by atoms with E-state index in [4.69, 9.17) is 0 Å². The lowest BCUT2D eigenvalue weighted by molar-refractivity contribution is 1.19. The normalized spacial score (nSPS) is 12.8. The molecule has 0 atom stereocenters. The Morgan fingerprint density at radius 3 is 1.82 bits per heavy atom. The van der Waals surface area contributed by atoms with E-state index in [-0.39, 0.29) is 6.71 Å². The molecule has 4 heterocycles. The summed E-state index contributed by atoms with van der Waals surface area (Å²) in [7, 11) is 0. The summed E-state index contributed by atoms with van der Waals surface area (Å²) < 4.78 is 5.05. The van der Waals surface area contributed by atoms with Crippen molar-refractivity contribution < 1.29 is 0 Å². The summed E-state index contributed by atoms with van der Waals surface area (Å²) in [5.74, 6) is 0. The van der Waals surface area contributed by atoms with E-state index in [0.717, 1.165) is 0 Å². The van der Waals surface area contributed by atoms with Crippen LogP contribution in [0.5, 0.6) is 0 Å². The summed E-state index contributed by atoms with van der Waals surface area (Å²) in [6.45, 7) is 0.0816. The Hall–Kier alpha value is -5.80. The average Bonchev–Trinajstić information content (AvgIpc) is 3.74. The third kappa shape index (κ3) is 2.91. The van der Waals surface area contributed by atoms with Gasteiger partial charge in [0.15, 0.2) is 0 Å². The molecule has 0 saturated carbocycles. The number of para-hydroxylation sites is 4. The largest absolute Gasteiger partial charge is 0.310 e. The van der Waals surface area contributed by atoms with E-state index in [1.54, 1.807) is 0 Å². The summed E-state index contributed by atoms with van der Waals surface area (Å²) >= 11 is 0. The zero-order valence-corrected chi connectivity index (χ0v) is 24.4. The molecular formula is C42H25BN2. The minimum Gasteiger partial charge on any atom is -0.310 e. The van der Waals surface area contributed by atoms with Gasteiger partial charge in [-0.15, -0.1) is 0 Å². The Bertz CT molecular complexity index is 2820. The third-order valence-electron chi connectivity index (χ3n) is 10.3. The van der Waals surface area contributed by atoms with Crippen LogP contribution in [0.3, 0.4) is 0 Å². The van der Waals surface area contributed by atoms with Crippen molar-refractivity contribution in [3.63, 3.8) is 0 Å². The lowest BCUT2D eigenvalue weighted by Crippen LogP contribution is -2.56. The maximum absolute atomic E-state index is 2.54. The van der Waals surface area contributed by atoms with Gasteiger partial charge in [0.05, 0.1) is 22.1 Å². The number of hydrogen-bond acceptors (Lipinski definition) is 0. The topological polar surface area (TPSA) is 9.34 Å². The average molecular weight is 568 g/mol. The Kier molecular flexibility index (Phi) is 4.43. The van der Waals surface area contributed by atoms with Gasteiger partial charge in [-0.05, 0) is 40.3 Å². The number of fused-ring (bicyclic) bond motifs is 11. The van der Waals surface area contributed by atoms with E-state index in [0.29, 0.717) is 0 Å². The van der Waals surface area contributed by atoms with Gasteiger partial charge in [0.2, 0.25) is 6.71 Å². The third-order valence-corrected chi connectivity index (χ3v) is 10.3. The maximum Gasteiger partial charge on any atom is 0.247 e. The SMILES string of the molecule is c1ccc(-c2ccccc2B2c3cc4c5cccc6c7ccccc7n(c4cc3-n3c4ccccc4c4cccc2c43)c65)cc1. The molecule has 0 fully saturated rings. The molecule has 206 valence electrons. The molecular weight excluding hydrogens is 543 g/mol. The van der Waals surface area contributed by atoms with E-state index in [1.165, 1.54) is 93.1 Å². The van der Waals surface area contributed by atoms with Crippen LogP contribution in [-0.2, 0) is 0 Å². The second-order valence-electron chi connectivity index (χ2n) is 12.5. The van der Waals surface area contributed by atoms with Crippen LogP contribution in [0, 0.1) is 0 Å². The molecule has 0 N–H and O–H groups in total. The number of rotatable bonds is 2. The molecule has 3 aromatic heterocycles. The van der Waals surface area contributed by atoms with Gasteiger partial charge in [-0.3, -0.25) is 0 Å². The second kappa shape index (κ2) is 8.43. The minimum atomic E-state index is 0.0816. The molecule has 0 saturated heterocycles. The van der Waals surface area contributed by atoms with E-state index in [9.17, 15) is 0 Å². The number of benzene rings is 7. The predicted molar refractivity (Wildman–Crippen MR) is 192 cm³/mol. The van der Waals surface area contributed by atoms with Gasteiger partial charge in [-0.25, -0.2) is 0 Å². The highest BCUT2D eigenvalue weighted by atomic mass is 15.0. The van der Waals surface area contributed by atoms with Gasteiger partial charge in [0.1, 0.15) is 0 Å². The first-order valence-electron chi connectivity index (χ1n) is 15.7. The first kappa shape index (κ1) is 23.6. The van der Waals surface area contributed by atoms with Crippen molar-refractivity contribution in [2.75, 3.05) is 0 Å². The maximum atomic E-state index is 2.54. The number of aromatic nitrogens is 2. The van der Waals surface area contributed by atoms with Crippen molar-refractivity contribution in [1.82, 2.24) is 8.97 Å². The van der Waals surface area contributed by atoms with Crippen molar-refractivity contribution >= 4 is 83.0 Å². The summed E-state index contributed by atoms with van der Waals surface area (Å²) in [6, 6.07) is 56.4. The minimum absolute atomic E-state index is 0.0816. The van der Waals surface area contributed by atoms with Crippen LogP contribution in [0.2, 0.25) is 0 Å². The van der Waals surface area contributed by atoms with Crippen LogP contribution in [0.4, 0.5) is 0 Å². The molecule has 7 aromatic carbocycles. The smallest absolute Gasteiger partial charge is 0.247 e. The fourth-order valence-electron chi connectivity index (χ4n) is 8.57. The number of nitrogens with zero attached hydrogens (tertiary/aromatic N) is 2. The molecule has 1 aliphatic heterocycles. The van der Waals surface area contributed by atoms with Crippen molar-refractivity contribution in [2.45, 2.75) is 0 Å². The van der Waals surface area contributed by atoms with Crippen LogP contribution >= 0.6 is 0 Å². The van der Waals surface area contributed by atoms with Crippen molar-refractivity contribution in [2.24, 2.45) is 0 Å². The molecule has 2 nitrogen and oxygen atoms in total. The monoisotopic (exact) mass is 568 g/mol. The quantitative estimate of drug-likeness (QED) is 0.185. The Labute approximate surface area is 259 Å². The summed E-state index contributed by atoms with van der Waals surface area (Å²) in [5, 5.41) is 7.88. The predicted octanol–water partition coefficient (Wildman–Crippen LogP) is 8.43. The first-order valence-corrected chi connectivity index (χ1v) is 15.7. The standard InChI is InChI=1S/C42H25BN2/c1-2-12-26(13-3-1)27-14-4-7-20-34(27)43-35-21-11-19-31-29-16-6-9-23-38(29)45(42(31)35)40-25-39-33(24-36(40)43)32-18-10-17-30-28-15-5-8-22-37(28)44(39)41(30)32/h1-25H. The first-order chi connectivity index (χ1) is 22.4. The van der Waals surface area contributed by atoms with E-state index >= 15 is 0 Å². The Balaban J connectivity index is 1.35. The zero-order chi connectivity index (χ0) is 29.2. The van der Waals surface area contributed by atoms with E-state index in [1.807, 2.05) is 0 Å². The van der Waals surface area contributed by atoms with Gasteiger partial charge in [0.25, 0.3) is 0 Å². The van der Waals surface area contributed by atoms with Crippen LogP contribution in [0.1, 0.15) is 0 Å². The van der Waals surface area contributed by atoms with Gasteiger partial charge in [-0.1, -0.05) is 139 Å². The van der Waals surface area contributed by atoms with Gasteiger partial charge in [-0.2, -0.15) is 0 Å². The summed E-state index contributed by atoms with van der Waals surface area (Å²) in [6.07, 6.45) is 0. The lowest BCUT2D eigenvalue weighted by atomic mass is 9.34. The number of hydrogen-bond donors (Lipinski definition) is 0. The van der Waals surface area contributed by atoms with E-state index < -0.39 is 0 Å². The molecule has 10 aromatic rings. The summed E-state index contributed by atoms with van der Waals surface area (Å²) in [4.78, 5) is 0. The Morgan fingerprint density at radius 2 is 0.978 bits per heavy atom. The molecule has 0 unspecified atom stereocenters. The Morgan fingerprint density at radius 1 is 0.378 bits per heavy atom. The van der Waals surface area contributed by atoms with Crippen molar-refractivity contribution in [3.8, 4) is 16.8 Å². The summed E-state index contributed by atoms with van der Waals surface area (Å²) in [5.41, 5.74) is 14.3. The van der Waals surface area contributed by atoms with Crippen LogP contribution in [0.25, 0.3) is 76.7 Å². The molecule has 0 amide bonds. The fraction of sp³-hybridized carbons (Fsp3) is 0. The van der Waals surface area contributed by atoms with Gasteiger partial charge < -0.3 is 8.97 Å². The van der Waals surface area contributed by atoms with Gasteiger partial charge >= 0.3 is 0 Å². The highest BCUT2D eigenvalue weighted by molar-refractivity contribution is 6.98. The molecule has 1 aliphatic rings. The molecule has 11 rings (SSSR count). The van der Waals surface area contributed by atoms with Crippen molar-refractivity contribution in [3.05, 3.63) is 152 Å². The second-order valence-corrected chi connectivity index (χ2v) is 12.5. The molecule has 0 aliphatic carbocycles. The molecule has 0 bridgehead atoms. The van der Waals surface area contributed by atoms with Crippen LogP contribution < -0.4 is 16.4 Å². The van der Waals surface area contributed by atoms with Crippen LogP contribution in [-0.4, -0.2) is 15.7 Å². The fourth-order valence-corrected chi connectivity index (χ4v) is 8.57. The lowest BCUT2D eigenvalue weighted by Gasteiger charge is -2.28. The highest BCUT2D eigenvalue weighted by Gasteiger charge is 2.35. The molecule has 3 heteroatoms. The highest BCUT2D eigenvalue weighted by Crippen LogP contribution is 2.41. The van der Waals surface area contributed by atoms with Crippen LogP contribution in [0.15, 0.2) is 152 Å². The van der Waals surface area contributed by atoms with E-state index in [2.05, 4.69) is 161 Å².